The average Bonchev–Trinajstić information content (AvgIpc) is 3.03. The highest BCUT2D eigenvalue weighted by Crippen LogP contribution is 2.40. The van der Waals surface area contributed by atoms with Crippen LogP contribution in [0.25, 0.3) is 11.0 Å². The molecule has 0 bridgehead atoms. The first kappa shape index (κ1) is 14.6. The molecule has 4 heteroatoms. The molecule has 0 saturated heterocycles. The zero-order valence-electron chi connectivity index (χ0n) is 12.9. The number of imidazole rings is 1. The van der Waals surface area contributed by atoms with Crippen molar-refractivity contribution < 1.29 is 4.74 Å². The maximum Gasteiger partial charge on any atom is 0.178 e. The predicted molar refractivity (Wildman–Crippen MR) is 89.5 cm³/mol. The largest absolute Gasteiger partial charge is 0.491 e. The number of ether oxygens (including phenoxy) is 1. The minimum absolute atomic E-state index is 0.383. The maximum absolute atomic E-state index is 5.84. The molecule has 114 valence electrons. The van der Waals surface area contributed by atoms with E-state index in [0.717, 1.165) is 35.6 Å². The fraction of sp³-hybridized carbons (Fsp3) is 0.588. The van der Waals surface area contributed by atoms with Gasteiger partial charge in [-0.25, -0.2) is 0 Å². The number of nitrogens with zero attached hydrogens (tertiary/aromatic N) is 1. The van der Waals surface area contributed by atoms with Gasteiger partial charge in [-0.15, -0.1) is 0 Å². The third kappa shape index (κ3) is 2.86. The van der Waals surface area contributed by atoms with Crippen LogP contribution in [0.4, 0.5) is 0 Å². The van der Waals surface area contributed by atoms with Crippen LogP contribution >= 0.6 is 12.2 Å². The number of para-hydroxylation sites is 1. The maximum atomic E-state index is 5.84. The van der Waals surface area contributed by atoms with Gasteiger partial charge < -0.3 is 14.3 Å². The number of benzene rings is 1. The van der Waals surface area contributed by atoms with Gasteiger partial charge in [0.2, 0.25) is 0 Å². The van der Waals surface area contributed by atoms with E-state index in [0.29, 0.717) is 5.41 Å². The quantitative estimate of drug-likeness (QED) is 0.782. The van der Waals surface area contributed by atoms with Crippen molar-refractivity contribution >= 4 is 23.3 Å². The first-order chi connectivity index (χ1) is 10.1. The number of fused-ring (bicyclic) bond motifs is 1. The number of aromatic nitrogens is 2. The highest BCUT2D eigenvalue weighted by molar-refractivity contribution is 7.71. The molecule has 1 aromatic heterocycles. The van der Waals surface area contributed by atoms with Gasteiger partial charge in [0.05, 0.1) is 12.1 Å². The summed E-state index contributed by atoms with van der Waals surface area (Å²) in [5.41, 5.74) is 2.59. The molecule has 0 amide bonds. The molecule has 0 spiro atoms. The van der Waals surface area contributed by atoms with Crippen molar-refractivity contribution in [2.24, 2.45) is 5.41 Å². The molecule has 1 N–H and O–H groups in total. The monoisotopic (exact) mass is 304 g/mol. The standard InChI is InChI=1S/C17H24N2OS/c1-3-11-20-14-8-6-7-13-15(14)18-16(21)19(13)12-17(2)9-4-5-10-17/h6-8H,3-5,9-12H2,1-2H3,(H,18,21). The van der Waals surface area contributed by atoms with Crippen molar-refractivity contribution in [3.63, 3.8) is 0 Å². The minimum Gasteiger partial charge on any atom is -0.491 e. The van der Waals surface area contributed by atoms with Gasteiger partial charge in [-0.1, -0.05) is 32.8 Å². The Kier molecular flexibility index (Phi) is 4.07. The van der Waals surface area contributed by atoms with Crippen molar-refractivity contribution in [1.82, 2.24) is 9.55 Å². The van der Waals surface area contributed by atoms with E-state index in [9.17, 15) is 0 Å². The molecule has 0 aliphatic heterocycles. The van der Waals surface area contributed by atoms with Crippen LogP contribution in [0.3, 0.4) is 0 Å². The topological polar surface area (TPSA) is 29.9 Å². The predicted octanol–water partition coefficient (Wildman–Crippen LogP) is 5.07. The third-order valence-corrected chi connectivity index (χ3v) is 4.91. The summed E-state index contributed by atoms with van der Waals surface area (Å²) in [7, 11) is 0. The van der Waals surface area contributed by atoms with Crippen molar-refractivity contribution in [3.05, 3.63) is 23.0 Å². The van der Waals surface area contributed by atoms with Crippen LogP contribution < -0.4 is 4.74 Å². The Balaban J connectivity index is 1.99. The van der Waals surface area contributed by atoms with Gasteiger partial charge >= 0.3 is 0 Å². The molecule has 1 aliphatic carbocycles. The van der Waals surface area contributed by atoms with E-state index in [-0.39, 0.29) is 0 Å². The highest BCUT2D eigenvalue weighted by Gasteiger charge is 2.29. The summed E-state index contributed by atoms with van der Waals surface area (Å²) in [6.07, 6.45) is 6.30. The number of aromatic amines is 1. The molecular formula is C17H24N2OS. The van der Waals surface area contributed by atoms with Crippen LogP contribution in [0.2, 0.25) is 0 Å². The molecular weight excluding hydrogens is 280 g/mol. The normalized spacial score (nSPS) is 17.4. The average molecular weight is 304 g/mol. The van der Waals surface area contributed by atoms with Crippen molar-refractivity contribution in [2.75, 3.05) is 6.61 Å². The second kappa shape index (κ2) is 5.84. The number of hydrogen-bond donors (Lipinski definition) is 1. The lowest BCUT2D eigenvalue weighted by molar-refractivity contribution is 0.284. The summed E-state index contributed by atoms with van der Waals surface area (Å²) in [4.78, 5) is 3.35. The van der Waals surface area contributed by atoms with E-state index < -0.39 is 0 Å². The molecule has 3 rings (SSSR count). The molecule has 0 radical (unpaired) electrons. The fourth-order valence-corrected chi connectivity index (χ4v) is 3.68. The van der Waals surface area contributed by atoms with Crippen LogP contribution in [0.1, 0.15) is 46.0 Å². The minimum atomic E-state index is 0.383. The molecule has 1 aliphatic rings. The lowest BCUT2D eigenvalue weighted by atomic mass is 9.89. The summed E-state index contributed by atoms with van der Waals surface area (Å²) in [6, 6.07) is 6.22. The van der Waals surface area contributed by atoms with Crippen LogP contribution in [0, 0.1) is 10.2 Å². The van der Waals surface area contributed by atoms with Gasteiger partial charge in [0.1, 0.15) is 11.3 Å². The molecule has 21 heavy (non-hydrogen) atoms. The third-order valence-electron chi connectivity index (χ3n) is 4.58. The lowest BCUT2D eigenvalue weighted by Gasteiger charge is -2.24. The number of hydrogen-bond acceptors (Lipinski definition) is 2. The molecule has 1 aromatic carbocycles. The first-order valence-corrected chi connectivity index (χ1v) is 8.38. The highest BCUT2D eigenvalue weighted by atomic mass is 32.1. The summed E-state index contributed by atoms with van der Waals surface area (Å²) in [5.74, 6) is 0.913. The molecule has 0 unspecified atom stereocenters. The zero-order chi connectivity index (χ0) is 14.9. The summed E-state index contributed by atoms with van der Waals surface area (Å²) < 4.78 is 8.91. The van der Waals surface area contributed by atoms with E-state index >= 15 is 0 Å². The van der Waals surface area contributed by atoms with Crippen molar-refractivity contribution in [2.45, 2.75) is 52.5 Å². The van der Waals surface area contributed by atoms with Gasteiger partial charge in [0, 0.05) is 6.54 Å². The van der Waals surface area contributed by atoms with E-state index in [1.165, 1.54) is 31.2 Å². The molecule has 3 nitrogen and oxygen atoms in total. The van der Waals surface area contributed by atoms with Gasteiger partial charge in [0.25, 0.3) is 0 Å². The Morgan fingerprint density at radius 2 is 2.10 bits per heavy atom. The smallest absolute Gasteiger partial charge is 0.178 e. The van der Waals surface area contributed by atoms with Crippen LogP contribution in [0.5, 0.6) is 5.75 Å². The van der Waals surface area contributed by atoms with Gasteiger partial charge in [0.15, 0.2) is 4.77 Å². The molecule has 1 heterocycles. The van der Waals surface area contributed by atoms with Gasteiger partial charge in [-0.05, 0) is 49.0 Å². The number of nitrogens with one attached hydrogen (secondary N) is 1. The lowest BCUT2D eigenvalue weighted by Crippen LogP contribution is -2.19. The Hall–Kier alpha value is -1.29. The van der Waals surface area contributed by atoms with Crippen LogP contribution in [0.15, 0.2) is 18.2 Å². The van der Waals surface area contributed by atoms with Crippen molar-refractivity contribution in [1.29, 1.82) is 0 Å². The van der Waals surface area contributed by atoms with Crippen LogP contribution in [-0.2, 0) is 6.54 Å². The number of rotatable bonds is 5. The second-order valence-electron chi connectivity index (χ2n) is 6.53. The Bertz CT molecular complexity index is 680. The van der Waals surface area contributed by atoms with E-state index in [1.54, 1.807) is 0 Å². The number of H-pyrrole nitrogens is 1. The first-order valence-electron chi connectivity index (χ1n) is 7.97. The second-order valence-corrected chi connectivity index (χ2v) is 6.92. The van der Waals surface area contributed by atoms with E-state index in [1.807, 2.05) is 6.07 Å². The molecule has 2 aromatic rings. The Morgan fingerprint density at radius 3 is 2.81 bits per heavy atom. The molecule has 0 atom stereocenters. The Labute approximate surface area is 131 Å². The van der Waals surface area contributed by atoms with Crippen molar-refractivity contribution in [3.8, 4) is 5.75 Å². The Morgan fingerprint density at radius 1 is 1.33 bits per heavy atom. The van der Waals surface area contributed by atoms with Crippen LogP contribution in [-0.4, -0.2) is 16.2 Å². The summed E-state index contributed by atoms with van der Waals surface area (Å²) >= 11 is 5.56. The van der Waals surface area contributed by atoms with E-state index in [4.69, 9.17) is 17.0 Å². The summed E-state index contributed by atoms with van der Waals surface area (Å²) in [5, 5.41) is 0. The SMILES string of the molecule is CCCOc1cccc2c1[nH]c(=S)n2CC1(C)CCCC1. The van der Waals surface area contributed by atoms with Gasteiger partial charge in [-0.3, -0.25) is 0 Å². The fourth-order valence-electron chi connectivity index (χ4n) is 3.41. The van der Waals surface area contributed by atoms with E-state index in [2.05, 4.69) is 35.5 Å². The van der Waals surface area contributed by atoms with Gasteiger partial charge in [-0.2, -0.15) is 0 Å². The molecule has 1 fully saturated rings. The zero-order valence-corrected chi connectivity index (χ0v) is 13.8. The molecule has 1 saturated carbocycles. The summed E-state index contributed by atoms with van der Waals surface area (Å²) in [6.45, 7) is 6.25.